The Bertz CT molecular complexity index is 1190. The Hall–Kier alpha value is -3.67. The maximum atomic E-state index is 13.5. The van der Waals surface area contributed by atoms with Crippen molar-refractivity contribution in [1.82, 2.24) is 15.0 Å². The Morgan fingerprint density at radius 2 is 1.81 bits per heavy atom. The number of ketones is 1. The van der Waals surface area contributed by atoms with Gasteiger partial charge < -0.3 is 10.2 Å². The highest BCUT2D eigenvalue weighted by molar-refractivity contribution is 5.98. The molecule has 1 aliphatic heterocycles. The van der Waals surface area contributed by atoms with Crippen LogP contribution in [0.2, 0.25) is 0 Å². The van der Waals surface area contributed by atoms with Crippen LogP contribution in [0.1, 0.15) is 42.7 Å². The molecule has 164 valence electrons. The number of fused-ring (bicyclic) bond motifs is 1. The van der Waals surface area contributed by atoms with E-state index in [4.69, 9.17) is 10.2 Å². The molecule has 2 aromatic heterocycles. The molecule has 0 radical (unpaired) electrons. The maximum Gasteiger partial charge on any atom is 0.172 e. The van der Waals surface area contributed by atoms with Gasteiger partial charge in [0.25, 0.3) is 0 Å². The van der Waals surface area contributed by atoms with Crippen molar-refractivity contribution in [2.45, 2.75) is 32.7 Å². The topological polar surface area (TPSA) is 94.8 Å². The monoisotopic (exact) mass is 436 g/mol. The third-order valence-corrected chi connectivity index (χ3v) is 5.38. The molecule has 0 spiro atoms. The van der Waals surface area contributed by atoms with Gasteiger partial charge in [0.15, 0.2) is 17.4 Å². The second kappa shape index (κ2) is 8.83. The third kappa shape index (κ3) is 4.49. The summed E-state index contributed by atoms with van der Waals surface area (Å²) in [5.74, 6) is -0.826. The Kier molecular flexibility index (Phi) is 5.95. The van der Waals surface area contributed by atoms with E-state index in [9.17, 15) is 13.6 Å². The van der Waals surface area contributed by atoms with E-state index in [0.29, 0.717) is 48.6 Å². The van der Waals surface area contributed by atoms with Crippen molar-refractivity contribution < 1.29 is 13.6 Å². The van der Waals surface area contributed by atoms with Gasteiger partial charge in [-0.3, -0.25) is 4.79 Å². The van der Waals surface area contributed by atoms with E-state index < -0.39 is 11.6 Å². The number of carbonyl (C=O) groups is 1. The number of Topliss-reactive ketones (excluding diaryl/α,β-unsaturated/α-hetero) is 1. The number of anilines is 2. The largest absolute Gasteiger partial charge is 0.365 e. The van der Waals surface area contributed by atoms with Gasteiger partial charge in [-0.15, -0.1) is 0 Å². The number of nitrogens with one attached hydrogen (secondary N) is 1. The minimum atomic E-state index is -0.755. The highest BCUT2D eigenvalue weighted by atomic mass is 19.1. The number of nitriles is 1. The number of aromatic nitrogens is 3. The molecule has 1 N–H and O–H groups in total. The molecule has 0 aliphatic carbocycles. The predicted octanol–water partition coefficient (Wildman–Crippen LogP) is 4.09. The lowest BCUT2D eigenvalue weighted by Gasteiger charge is -2.33. The zero-order valence-electron chi connectivity index (χ0n) is 17.8. The zero-order chi connectivity index (χ0) is 22.8. The molecule has 1 fully saturated rings. The lowest BCUT2D eigenvalue weighted by atomic mass is 9.89. The van der Waals surface area contributed by atoms with Crippen molar-refractivity contribution in [2.75, 3.05) is 23.3 Å². The van der Waals surface area contributed by atoms with Crippen LogP contribution in [0.4, 0.5) is 20.4 Å². The zero-order valence-corrected chi connectivity index (χ0v) is 17.8. The van der Waals surface area contributed by atoms with E-state index in [1.807, 2.05) is 24.8 Å². The quantitative estimate of drug-likeness (QED) is 0.602. The number of halogens is 2. The molecule has 9 heteroatoms. The average Bonchev–Trinajstić information content (AvgIpc) is 2.77. The SMILES string of the molecule is CC(C)Nc1nc2cc(C#N)ncc2nc1N1CCC(C(=O)c2cc(F)cc(F)c2)CC1. The molecule has 0 bridgehead atoms. The minimum Gasteiger partial charge on any atom is -0.365 e. The first-order valence-corrected chi connectivity index (χ1v) is 10.4. The number of hydrogen-bond donors (Lipinski definition) is 1. The van der Waals surface area contributed by atoms with Gasteiger partial charge in [-0.05, 0) is 38.8 Å². The summed E-state index contributed by atoms with van der Waals surface area (Å²) in [5.41, 5.74) is 1.47. The minimum absolute atomic E-state index is 0.0629. The summed E-state index contributed by atoms with van der Waals surface area (Å²) < 4.78 is 27.0. The Morgan fingerprint density at radius 3 is 2.44 bits per heavy atom. The van der Waals surface area contributed by atoms with E-state index in [1.54, 1.807) is 6.07 Å². The predicted molar refractivity (Wildman–Crippen MR) is 116 cm³/mol. The molecule has 7 nitrogen and oxygen atoms in total. The molecule has 0 unspecified atom stereocenters. The standard InChI is InChI=1S/C23H22F2N6O/c1-13(2)28-22-23(30-20-12-27-18(11-26)10-19(20)29-22)31-5-3-14(4-6-31)21(32)15-7-16(24)9-17(25)8-15/h7-10,12-14H,3-6H2,1-2H3,(H,28,29). The third-order valence-electron chi connectivity index (χ3n) is 5.38. The van der Waals surface area contributed by atoms with E-state index in [2.05, 4.69) is 15.3 Å². The van der Waals surface area contributed by atoms with Crippen molar-refractivity contribution in [3.8, 4) is 6.07 Å². The van der Waals surface area contributed by atoms with Crippen molar-refractivity contribution in [2.24, 2.45) is 5.92 Å². The molecule has 3 aromatic rings. The van der Waals surface area contributed by atoms with Gasteiger partial charge in [-0.1, -0.05) is 0 Å². The van der Waals surface area contributed by atoms with Crippen LogP contribution >= 0.6 is 0 Å². The van der Waals surface area contributed by atoms with Crippen LogP contribution in [-0.2, 0) is 0 Å². The summed E-state index contributed by atoms with van der Waals surface area (Å²) in [4.78, 5) is 28.3. The van der Waals surface area contributed by atoms with Gasteiger partial charge in [0.05, 0.1) is 11.7 Å². The molecule has 0 amide bonds. The highest BCUT2D eigenvalue weighted by Gasteiger charge is 2.28. The number of nitrogens with zero attached hydrogens (tertiary/aromatic N) is 5. The normalized spacial score (nSPS) is 14.6. The van der Waals surface area contributed by atoms with Crippen LogP contribution in [0.25, 0.3) is 11.0 Å². The van der Waals surface area contributed by atoms with Gasteiger partial charge in [-0.25, -0.2) is 23.7 Å². The van der Waals surface area contributed by atoms with E-state index >= 15 is 0 Å². The molecule has 1 aromatic carbocycles. The molecule has 1 saturated heterocycles. The first-order chi connectivity index (χ1) is 15.3. The average molecular weight is 436 g/mol. The van der Waals surface area contributed by atoms with E-state index in [-0.39, 0.29) is 29.0 Å². The van der Waals surface area contributed by atoms with Crippen LogP contribution in [0.5, 0.6) is 0 Å². The summed E-state index contributed by atoms with van der Waals surface area (Å²) in [5, 5.41) is 12.4. The Balaban J connectivity index is 1.57. The summed E-state index contributed by atoms with van der Waals surface area (Å²) in [6.07, 6.45) is 2.59. The smallest absolute Gasteiger partial charge is 0.172 e. The first-order valence-electron chi connectivity index (χ1n) is 10.4. The number of benzene rings is 1. The number of rotatable bonds is 5. The Morgan fingerprint density at radius 1 is 1.12 bits per heavy atom. The fourth-order valence-corrected chi connectivity index (χ4v) is 3.89. The van der Waals surface area contributed by atoms with Crippen LogP contribution in [0.15, 0.2) is 30.5 Å². The van der Waals surface area contributed by atoms with Gasteiger partial charge in [0, 0.05) is 42.7 Å². The number of hydrogen-bond acceptors (Lipinski definition) is 7. The molecule has 3 heterocycles. The summed E-state index contributed by atoms with van der Waals surface area (Å²) >= 11 is 0. The van der Waals surface area contributed by atoms with E-state index in [1.165, 1.54) is 6.20 Å². The number of piperidine rings is 1. The molecule has 0 atom stereocenters. The second-order valence-electron chi connectivity index (χ2n) is 8.15. The Labute approximate surface area is 184 Å². The lowest BCUT2D eigenvalue weighted by Crippen LogP contribution is -2.37. The fourth-order valence-electron chi connectivity index (χ4n) is 3.89. The first kappa shape index (κ1) is 21.6. The molecule has 32 heavy (non-hydrogen) atoms. The molecule has 1 aliphatic rings. The summed E-state index contributed by atoms with van der Waals surface area (Å²) in [7, 11) is 0. The summed E-state index contributed by atoms with van der Waals surface area (Å²) in [6.45, 7) is 5.08. The van der Waals surface area contributed by atoms with Crippen LogP contribution < -0.4 is 10.2 Å². The maximum absolute atomic E-state index is 13.5. The van der Waals surface area contributed by atoms with Crippen molar-refractivity contribution in [3.63, 3.8) is 0 Å². The van der Waals surface area contributed by atoms with Gasteiger partial charge in [-0.2, -0.15) is 5.26 Å². The number of carbonyl (C=O) groups excluding carboxylic acids is 1. The van der Waals surface area contributed by atoms with Gasteiger partial charge >= 0.3 is 0 Å². The second-order valence-corrected chi connectivity index (χ2v) is 8.15. The van der Waals surface area contributed by atoms with Crippen molar-refractivity contribution in [3.05, 3.63) is 53.4 Å². The van der Waals surface area contributed by atoms with Crippen LogP contribution in [-0.4, -0.2) is 39.9 Å². The van der Waals surface area contributed by atoms with Crippen molar-refractivity contribution >= 4 is 28.5 Å². The molecular formula is C23H22F2N6O. The molecule has 4 rings (SSSR count). The van der Waals surface area contributed by atoms with Gasteiger partial charge in [0.1, 0.15) is 28.9 Å². The van der Waals surface area contributed by atoms with Crippen LogP contribution in [0, 0.1) is 28.9 Å². The summed E-state index contributed by atoms with van der Waals surface area (Å²) in [6, 6.07) is 6.64. The lowest BCUT2D eigenvalue weighted by molar-refractivity contribution is 0.0899. The number of pyridine rings is 1. The fraction of sp³-hybridized carbons (Fsp3) is 0.348. The molecular weight excluding hydrogens is 414 g/mol. The molecule has 0 saturated carbocycles. The van der Waals surface area contributed by atoms with Crippen LogP contribution in [0.3, 0.4) is 0 Å². The highest BCUT2D eigenvalue weighted by Crippen LogP contribution is 2.31. The van der Waals surface area contributed by atoms with E-state index in [0.717, 1.165) is 18.2 Å². The van der Waals surface area contributed by atoms with Gasteiger partial charge in [0.2, 0.25) is 0 Å². The van der Waals surface area contributed by atoms with Crippen molar-refractivity contribution in [1.29, 1.82) is 5.26 Å².